The monoisotopic (exact) mass is 439 g/mol. The fourth-order valence-electron chi connectivity index (χ4n) is 3.86. The number of aromatic nitrogens is 2. The van der Waals surface area contributed by atoms with Gasteiger partial charge in [0.1, 0.15) is 5.82 Å². The van der Waals surface area contributed by atoms with Crippen molar-refractivity contribution in [2.24, 2.45) is 5.92 Å². The van der Waals surface area contributed by atoms with Crippen molar-refractivity contribution in [1.82, 2.24) is 9.55 Å². The van der Waals surface area contributed by atoms with Crippen molar-refractivity contribution in [2.45, 2.75) is 37.1 Å². The van der Waals surface area contributed by atoms with Crippen LogP contribution in [0, 0.1) is 12.8 Å². The number of alkyl halides is 2. The van der Waals surface area contributed by atoms with Crippen LogP contribution in [0.4, 0.5) is 20.3 Å². The van der Waals surface area contributed by atoms with Gasteiger partial charge in [-0.2, -0.15) is 0 Å². The number of pyridine rings is 1. The molecule has 1 N–H and O–H groups in total. The molecule has 0 bridgehead atoms. The van der Waals surface area contributed by atoms with Crippen LogP contribution in [0.1, 0.15) is 18.4 Å². The van der Waals surface area contributed by atoms with Crippen LogP contribution in [0.3, 0.4) is 0 Å². The molecular weight excluding hydrogens is 420 g/mol. The molecule has 0 radical (unpaired) electrons. The molecule has 4 rings (SSSR count). The highest BCUT2D eigenvalue weighted by Crippen LogP contribution is 2.43. The Morgan fingerprint density at radius 3 is 2.69 bits per heavy atom. The summed E-state index contributed by atoms with van der Waals surface area (Å²) in [5, 5.41) is 4.26. The largest absolute Gasteiger partial charge is 0.347 e. The highest BCUT2D eigenvalue weighted by atomic mass is 35.5. The summed E-state index contributed by atoms with van der Waals surface area (Å²) in [5.74, 6) is -2.10. The molecule has 29 heavy (non-hydrogen) atoms. The Morgan fingerprint density at radius 2 is 2.03 bits per heavy atom. The van der Waals surface area contributed by atoms with Crippen LogP contribution in [0.2, 0.25) is 5.02 Å². The van der Waals surface area contributed by atoms with Crippen molar-refractivity contribution in [2.75, 3.05) is 11.6 Å². The normalized spacial score (nSPS) is 16.7. The number of nitrogens with zero attached hydrogens (tertiary/aromatic N) is 2. The molecule has 9 heteroatoms. The standard InChI is InChI=1S/C20H20ClF2N3O2S/c1-12-7-14(21)8-17(29(2,27)28)18(12)25-19-15-4-6-26(16(15)3-5-24-19)11-13-9-20(22,23)10-13/h3-8,13H,9-11H2,1-2H3,(H,24,25). The van der Waals surface area contributed by atoms with E-state index in [0.717, 1.165) is 17.2 Å². The summed E-state index contributed by atoms with van der Waals surface area (Å²) in [5.41, 5.74) is 1.95. The van der Waals surface area contributed by atoms with Gasteiger partial charge in [-0.15, -0.1) is 0 Å². The molecule has 1 aromatic carbocycles. The second-order valence-electron chi connectivity index (χ2n) is 7.68. The Hall–Kier alpha value is -2.19. The van der Waals surface area contributed by atoms with Gasteiger partial charge in [0.25, 0.3) is 0 Å². The zero-order valence-electron chi connectivity index (χ0n) is 15.9. The van der Waals surface area contributed by atoms with E-state index in [0.29, 0.717) is 28.6 Å². The Bertz CT molecular complexity index is 1200. The van der Waals surface area contributed by atoms with E-state index in [1.54, 1.807) is 19.2 Å². The first-order chi connectivity index (χ1) is 13.5. The summed E-state index contributed by atoms with van der Waals surface area (Å²) in [6.07, 6.45) is 4.40. The lowest BCUT2D eigenvalue weighted by molar-refractivity contribution is -0.113. The third-order valence-corrected chi connectivity index (χ3v) is 6.57. The lowest BCUT2D eigenvalue weighted by Crippen LogP contribution is -2.37. The van der Waals surface area contributed by atoms with E-state index >= 15 is 0 Å². The van der Waals surface area contributed by atoms with E-state index in [1.165, 1.54) is 6.07 Å². The minimum Gasteiger partial charge on any atom is -0.347 e. The van der Waals surface area contributed by atoms with Gasteiger partial charge in [0, 0.05) is 48.4 Å². The van der Waals surface area contributed by atoms with Gasteiger partial charge >= 0.3 is 0 Å². The lowest BCUT2D eigenvalue weighted by Gasteiger charge is -2.35. The fraction of sp³-hybridized carbons (Fsp3) is 0.350. The van der Waals surface area contributed by atoms with Gasteiger partial charge in [-0.1, -0.05) is 11.6 Å². The molecule has 0 saturated heterocycles. The van der Waals surface area contributed by atoms with Gasteiger partial charge in [-0.05, 0) is 42.7 Å². The highest BCUT2D eigenvalue weighted by Gasteiger charge is 2.45. The number of hydrogen-bond donors (Lipinski definition) is 1. The van der Waals surface area contributed by atoms with Crippen LogP contribution in [-0.4, -0.2) is 30.1 Å². The number of aryl methyl sites for hydroxylation is 1. The molecular formula is C20H20ClF2N3O2S. The molecule has 154 valence electrons. The van der Waals surface area contributed by atoms with Crippen molar-refractivity contribution in [3.63, 3.8) is 0 Å². The van der Waals surface area contributed by atoms with Crippen molar-refractivity contribution in [3.8, 4) is 0 Å². The Labute approximate surface area is 172 Å². The van der Waals surface area contributed by atoms with E-state index in [2.05, 4.69) is 10.3 Å². The van der Waals surface area contributed by atoms with Crippen molar-refractivity contribution >= 4 is 43.8 Å². The number of fused-ring (bicyclic) bond motifs is 1. The third kappa shape index (κ3) is 3.96. The first-order valence-electron chi connectivity index (χ1n) is 9.12. The molecule has 1 aliphatic carbocycles. The first kappa shape index (κ1) is 20.1. The molecule has 0 atom stereocenters. The van der Waals surface area contributed by atoms with Crippen LogP contribution < -0.4 is 5.32 Å². The molecule has 0 aliphatic heterocycles. The highest BCUT2D eigenvalue weighted by molar-refractivity contribution is 7.90. The summed E-state index contributed by atoms with van der Waals surface area (Å²) >= 11 is 6.05. The van der Waals surface area contributed by atoms with Gasteiger partial charge < -0.3 is 9.88 Å². The van der Waals surface area contributed by atoms with Gasteiger partial charge in [-0.3, -0.25) is 0 Å². The second kappa shape index (κ2) is 6.95. The summed E-state index contributed by atoms with van der Waals surface area (Å²) in [6.45, 7) is 2.28. The zero-order chi connectivity index (χ0) is 21.0. The molecule has 2 aromatic heterocycles. The zero-order valence-corrected chi connectivity index (χ0v) is 17.5. The summed E-state index contributed by atoms with van der Waals surface area (Å²) < 4.78 is 52.7. The van der Waals surface area contributed by atoms with Crippen LogP contribution in [0.15, 0.2) is 41.6 Å². The predicted octanol–water partition coefficient (Wildman–Crippen LogP) is 5.19. The van der Waals surface area contributed by atoms with Crippen molar-refractivity contribution in [1.29, 1.82) is 0 Å². The Balaban J connectivity index is 1.70. The summed E-state index contributed by atoms with van der Waals surface area (Å²) in [6, 6.07) is 6.77. The quantitative estimate of drug-likeness (QED) is 0.594. The van der Waals surface area contributed by atoms with E-state index in [-0.39, 0.29) is 23.7 Å². The third-order valence-electron chi connectivity index (χ3n) is 5.23. The van der Waals surface area contributed by atoms with Gasteiger partial charge in [0.2, 0.25) is 5.92 Å². The van der Waals surface area contributed by atoms with Gasteiger partial charge in [0.15, 0.2) is 9.84 Å². The molecule has 0 amide bonds. The SMILES string of the molecule is Cc1cc(Cl)cc(S(C)(=O)=O)c1Nc1nccc2c1ccn2CC1CC(F)(F)C1. The number of hydrogen-bond acceptors (Lipinski definition) is 4. The van der Waals surface area contributed by atoms with Crippen molar-refractivity contribution < 1.29 is 17.2 Å². The number of halogens is 3. The van der Waals surface area contributed by atoms with Crippen LogP contribution >= 0.6 is 11.6 Å². The summed E-state index contributed by atoms with van der Waals surface area (Å²) in [7, 11) is -3.52. The molecule has 2 heterocycles. The van der Waals surface area contributed by atoms with Gasteiger partial charge in [0.05, 0.1) is 16.1 Å². The van der Waals surface area contributed by atoms with E-state index in [4.69, 9.17) is 11.6 Å². The smallest absolute Gasteiger partial charge is 0.248 e. The maximum absolute atomic E-state index is 13.1. The van der Waals surface area contributed by atoms with Crippen LogP contribution in [-0.2, 0) is 16.4 Å². The number of anilines is 2. The topological polar surface area (TPSA) is 64.0 Å². The number of sulfone groups is 1. The van der Waals surface area contributed by atoms with E-state index in [1.807, 2.05) is 22.9 Å². The molecule has 1 aliphatic rings. The second-order valence-corrected chi connectivity index (χ2v) is 10.1. The number of nitrogens with one attached hydrogen (secondary N) is 1. The Kier molecular flexibility index (Phi) is 4.82. The average molecular weight is 440 g/mol. The molecule has 1 saturated carbocycles. The minimum atomic E-state index is -3.52. The number of rotatable bonds is 5. The molecule has 5 nitrogen and oxygen atoms in total. The van der Waals surface area contributed by atoms with E-state index < -0.39 is 15.8 Å². The maximum atomic E-state index is 13.1. The van der Waals surface area contributed by atoms with Gasteiger partial charge in [-0.25, -0.2) is 22.2 Å². The summed E-state index contributed by atoms with van der Waals surface area (Å²) in [4.78, 5) is 4.46. The maximum Gasteiger partial charge on any atom is 0.248 e. The van der Waals surface area contributed by atoms with Crippen LogP contribution in [0.5, 0.6) is 0 Å². The number of benzene rings is 1. The molecule has 1 fully saturated rings. The van der Waals surface area contributed by atoms with E-state index in [9.17, 15) is 17.2 Å². The lowest BCUT2D eigenvalue weighted by atomic mass is 9.81. The molecule has 0 unspecified atom stereocenters. The molecule has 0 spiro atoms. The van der Waals surface area contributed by atoms with Crippen molar-refractivity contribution in [3.05, 3.63) is 47.2 Å². The average Bonchev–Trinajstić information content (AvgIpc) is 2.98. The minimum absolute atomic E-state index is 0.0551. The predicted molar refractivity (Wildman–Crippen MR) is 110 cm³/mol. The molecule has 3 aromatic rings. The fourth-order valence-corrected chi connectivity index (χ4v) is 5.12. The Morgan fingerprint density at radius 1 is 1.31 bits per heavy atom. The van der Waals surface area contributed by atoms with Crippen LogP contribution in [0.25, 0.3) is 10.9 Å². The first-order valence-corrected chi connectivity index (χ1v) is 11.4.